The van der Waals surface area contributed by atoms with E-state index in [0.717, 1.165) is 5.56 Å². The van der Waals surface area contributed by atoms with Crippen molar-refractivity contribution < 1.29 is 0 Å². The SMILES string of the molecule is c1cc(N2CCCC2)ccc1-c1nn[nH]n1. The van der Waals surface area contributed by atoms with Crippen LogP contribution in [0.2, 0.25) is 0 Å². The summed E-state index contributed by atoms with van der Waals surface area (Å²) >= 11 is 0. The Morgan fingerprint density at radius 1 is 1.06 bits per heavy atom. The average molecular weight is 215 g/mol. The summed E-state index contributed by atoms with van der Waals surface area (Å²) in [6.45, 7) is 2.34. The topological polar surface area (TPSA) is 57.7 Å². The molecule has 0 atom stereocenters. The second-order valence-electron chi connectivity index (χ2n) is 3.98. The van der Waals surface area contributed by atoms with Gasteiger partial charge >= 0.3 is 0 Å². The third kappa shape index (κ3) is 1.64. The lowest BCUT2D eigenvalue weighted by Crippen LogP contribution is -2.17. The maximum absolute atomic E-state index is 3.95. The number of benzene rings is 1. The summed E-state index contributed by atoms with van der Waals surface area (Å²) in [5.41, 5.74) is 2.28. The van der Waals surface area contributed by atoms with E-state index in [1.807, 2.05) is 12.1 Å². The minimum atomic E-state index is 0.646. The molecule has 1 aliphatic rings. The number of anilines is 1. The molecule has 1 aromatic carbocycles. The van der Waals surface area contributed by atoms with Crippen LogP contribution in [0.3, 0.4) is 0 Å². The summed E-state index contributed by atoms with van der Waals surface area (Å²) in [7, 11) is 0. The number of rotatable bonds is 2. The van der Waals surface area contributed by atoms with Crippen molar-refractivity contribution >= 4 is 5.69 Å². The molecule has 3 rings (SSSR count). The molecule has 82 valence electrons. The highest BCUT2D eigenvalue weighted by atomic mass is 15.5. The molecule has 1 aromatic heterocycles. The van der Waals surface area contributed by atoms with Crippen LogP contribution in [0, 0.1) is 0 Å². The van der Waals surface area contributed by atoms with Gasteiger partial charge in [0, 0.05) is 24.3 Å². The van der Waals surface area contributed by atoms with Crippen LogP contribution in [0.5, 0.6) is 0 Å². The normalized spacial score (nSPS) is 15.6. The first-order chi connectivity index (χ1) is 7.93. The van der Waals surface area contributed by atoms with Gasteiger partial charge in [-0.1, -0.05) is 0 Å². The molecule has 0 saturated carbocycles. The van der Waals surface area contributed by atoms with E-state index in [-0.39, 0.29) is 0 Å². The Hall–Kier alpha value is -1.91. The quantitative estimate of drug-likeness (QED) is 0.824. The van der Waals surface area contributed by atoms with Gasteiger partial charge in [-0.2, -0.15) is 5.21 Å². The Bertz CT molecular complexity index is 442. The van der Waals surface area contributed by atoms with Crippen LogP contribution in [0.15, 0.2) is 24.3 Å². The van der Waals surface area contributed by atoms with Crippen LogP contribution in [0.4, 0.5) is 5.69 Å². The van der Waals surface area contributed by atoms with Gasteiger partial charge < -0.3 is 4.90 Å². The molecule has 2 heterocycles. The lowest BCUT2D eigenvalue weighted by atomic mass is 10.2. The fourth-order valence-electron chi connectivity index (χ4n) is 2.08. The fourth-order valence-corrected chi connectivity index (χ4v) is 2.08. The number of nitrogens with one attached hydrogen (secondary N) is 1. The number of aromatic amines is 1. The molecule has 0 unspecified atom stereocenters. The number of nitrogens with zero attached hydrogens (tertiary/aromatic N) is 4. The second kappa shape index (κ2) is 3.92. The minimum Gasteiger partial charge on any atom is -0.372 e. The number of aromatic nitrogens is 4. The highest BCUT2D eigenvalue weighted by Gasteiger charge is 2.12. The summed E-state index contributed by atoms with van der Waals surface area (Å²) in [6, 6.07) is 8.32. The van der Waals surface area contributed by atoms with E-state index in [4.69, 9.17) is 0 Å². The number of tetrazole rings is 1. The summed E-state index contributed by atoms with van der Waals surface area (Å²) in [5.74, 6) is 0.646. The molecule has 1 saturated heterocycles. The largest absolute Gasteiger partial charge is 0.372 e. The predicted octanol–water partition coefficient (Wildman–Crippen LogP) is 1.47. The van der Waals surface area contributed by atoms with Crippen molar-refractivity contribution in [3.8, 4) is 11.4 Å². The Balaban J connectivity index is 1.84. The molecule has 0 bridgehead atoms. The summed E-state index contributed by atoms with van der Waals surface area (Å²) in [4.78, 5) is 2.40. The molecular formula is C11H13N5. The highest BCUT2D eigenvalue weighted by molar-refractivity contribution is 5.59. The molecule has 0 radical (unpaired) electrons. The molecule has 16 heavy (non-hydrogen) atoms. The van der Waals surface area contributed by atoms with Gasteiger partial charge in [0.05, 0.1) is 0 Å². The van der Waals surface area contributed by atoms with Crippen molar-refractivity contribution in [3.05, 3.63) is 24.3 Å². The molecule has 1 aliphatic heterocycles. The maximum Gasteiger partial charge on any atom is 0.204 e. The molecule has 2 aromatic rings. The Labute approximate surface area is 93.5 Å². The van der Waals surface area contributed by atoms with Crippen molar-refractivity contribution in [2.45, 2.75) is 12.8 Å². The van der Waals surface area contributed by atoms with Gasteiger partial charge in [-0.3, -0.25) is 0 Å². The first-order valence-corrected chi connectivity index (χ1v) is 5.52. The van der Waals surface area contributed by atoms with E-state index in [1.165, 1.54) is 31.6 Å². The fraction of sp³-hybridized carbons (Fsp3) is 0.364. The molecule has 5 heteroatoms. The first kappa shape index (κ1) is 9.33. The van der Waals surface area contributed by atoms with Gasteiger partial charge in [0.15, 0.2) is 0 Å². The molecule has 1 fully saturated rings. The minimum absolute atomic E-state index is 0.646. The van der Waals surface area contributed by atoms with Gasteiger partial charge in [0.1, 0.15) is 0 Å². The number of hydrogen-bond acceptors (Lipinski definition) is 4. The van der Waals surface area contributed by atoms with Crippen molar-refractivity contribution in [1.29, 1.82) is 0 Å². The van der Waals surface area contributed by atoms with Crippen molar-refractivity contribution in [2.24, 2.45) is 0 Å². The Morgan fingerprint density at radius 2 is 1.81 bits per heavy atom. The number of H-pyrrole nitrogens is 1. The first-order valence-electron chi connectivity index (χ1n) is 5.52. The summed E-state index contributed by atoms with van der Waals surface area (Å²) in [6.07, 6.45) is 2.60. The zero-order valence-corrected chi connectivity index (χ0v) is 8.93. The van der Waals surface area contributed by atoms with Gasteiger partial charge in [-0.15, -0.1) is 10.2 Å². The van der Waals surface area contributed by atoms with E-state index in [0.29, 0.717) is 5.82 Å². The third-order valence-electron chi connectivity index (χ3n) is 2.94. The lowest BCUT2D eigenvalue weighted by Gasteiger charge is -2.17. The van der Waals surface area contributed by atoms with E-state index in [9.17, 15) is 0 Å². The van der Waals surface area contributed by atoms with Gasteiger partial charge in [0.25, 0.3) is 0 Å². The highest BCUT2D eigenvalue weighted by Crippen LogP contribution is 2.22. The maximum atomic E-state index is 3.95. The van der Waals surface area contributed by atoms with Crippen LogP contribution in [-0.4, -0.2) is 33.7 Å². The third-order valence-corrected chi connectivity index (χ3v) is 2.94. The summed E-state index contributed by atoms with van der Waals surface area (Å²) in [5, 5.41) is 13.9. The van der Waals surface area contributed by atoms with Crippen LogP contribution < -0.4 is 4.90 Å². The molecule has 0 amide bonds. The Morgan fingerprint density at radius 3 is 2.44 bits per heavy atom. The van der Waals surface area contributed by atoms with E-state index < -0.39 is 0 Å². The van der Waals surface area contributed by atoms with Gasteiger partial charge in [0.2, 0.25) is 5.82 Å². The summed E-state index contributed by atoms with van der Waals surface area (Å²) < 4.78 is 0. The van der Waals surface area contributed by atoms with Crippen molar-refractivity contribution in [1.82, 2.24) is 20.6 Å². The molecule has 0 aliphatic carbocycles. The van der Waals surface area contributed by atoms with E-state index in [1.54, 1.807) is 0 Å². The van der Waals surface area contributed by atoms with Crippen LogP contribution >= 0.6 is 0 Å². The monoisotopic (exact) mass is 215 g/mol. The second-order valence-corrected chi connectivity index (χ2v) is 3.98. The zero-order valence-electron chi connectivity index (χ0n) is 8.93. The smallest absolute Gasteiger partial charge is 0.204 e. The van der Waals surface area contributed by atoms with Crippen molar-refractivity contribution in [2.75, 3.05) is 18.0 Å². The van der Waals surface area contributed by atoms with Crippen molar-refractivity contribution in [3.63, 3.8) is 0 Å². The van der Waals surface area contributed by atoms with Crippen LogP contribution in [0.25, 0.3) is 11.4 Å². The van der Waals surface area contributed by atoms with Crippen LogP contribution in [0.1, 0.15) is 12.8 Å². The standard InChI is InChI=1S/C11H13N5/c1-2-8-16(7-1)10-5-3-9(4-6-10)11-12-14-15-13-11/h3-6H,1-2,7-8H2,(H,12,13,14,15). The van der Waals surface area contributed by atoms with E-state index in [2.05, 4.69) is 37.7 Å². The van der Waals surface area contributed by atoms with Gasteiger partial charge in [-0.25, -0.2) is 0 Å². The van der Waals surface area contributed by atoms with Gasteiger partial charge in [-0.05, 0) is 42.3 Å². The molecule has 5 nitrogen and oxygen atoms in total. The Kier molecular flexibility index (Phi) is 2.29. The van der Waals surface area contributed by atoms with E-state index >= 15 is 0 Å². The number of hydrogen-bond donors (Lipinski definition) is 1. The van der Waals surface area contributed by atoms with Crippen LogP contribution in [-0.2, 0) is 0 Å². The zero-order chi connectivity index (χ0) is 10.8. The molecular weight excluding hydrogens is 202 g/mol. The molecule has 1 N–H and O–H groups in total. The predicted molar refractivity (Wildman–Crippen MR) is 61.1 cm³/mol. The average Bonchev–Trinajstić information content (AvgIpc) is 3.03. The lowest BCUT2D eigenvalue weighted by molar-refractivity contribution is 0.881. The molecule has 0 spiro atoms.